The maximum atomic E-state index is 14.6. The Morgan fingerprint density at radius 2 is 2.03 bits per heavy atom. The van der Waals surface area contributed by atoms with Crippen molar-refractivity contribution in [3.05, 3.63) is 88.0 Å². The van der Waals surface area contributed by atoms with Gasteiger partial charge in [-0.25, -0.2) is 4.39 Å². The van der Waals surface area contributed by atoms with E-state index in [-0.39, 0.29) is 22.0 Å². The lowest BCUT2D eigenvalue weighted by Crippen LogP contribution is -2.43. The molecule has 0 bridgehead atoms. The first-order valence-electron chi connectivity index (χ1n) is 9.86. The fourth-order valence-electron chi connectivity index (χ4n) is 4.22. The number of aromatic nitrogens is 1. The van der Waals surface area contributed by atoms with Crippen molar-refractivity contribution in [2.45, 2.75) is 24.9 Å². The number of carbonyl (C=O) groups is 2. The van der Waals surface area contributed by atoms with E-state index in [0.717, 1.165) is 0 Å². The summed E-state index contributed by atoms with van der Waals surface area (Å²) in [6.45, 7) is 0. The Kier molecular flexibility index (Phi) is 5.71. The van der Waals surface area contributed by atoms with Gasteiger partial charge in [-0.05, 0) is 54.3 Å². The Bertz CT molecular complexity index is 1210. The molecule has 0 spiro atoms. The van der Waals surface area contributed by atoms with Gasteiger partial charge in [-0.15, -0.1) is 0 Å². The molecule has 0 saturated carbocycles. The highest BCUT2D eigenvalue weighted by Crippen LogP contribution is 2.43. The lowest BCUT2D eigenvalue weighted by atomic mass is 9.98. The Morgan fingerprint density at radius 1 is 1.25 bits per heavy atom. The molecule has 3 aromatic rings. The molecule has 1 aromatic heterocycles. The van der Waals surface area contributed by atoms with Gasteiger partial charge >= 0.3 is 0 Å². The first-order valence-corrected chi connectivity index (χ1v) is 10.2. The van der Waals surface area contributed by atoms with Gasteiger partial charge < -0.3 is 21.5 Å². The van der Waals surface area contributed by atoms with Crippen LogP contribution < -0.4 is 11.5 Å². The van der Waals surface area contributed by atoms with Crippen LogP contribution in [0.3, 0.4) is 0 Å². The fourth-order valence-corrected chi connectivity index (χ4v) is 4.43. The molecule has 0 fully saturated rings. The topological polar surface area (TPSA) is 123 Å². The predicted octanol–water partition coefficient (Wildman–Crippen LogP) is 3.52. The SMILES string of the molecule is NC(=O)[C@@H](c1cccnc1)N(C(=O)c1ccc(N)cc1O)[C@@H]1CCc2c(F)cc(Cl)cc21. The molecule has 2 aromatic carbocycles. The molecular formula is C23H20ClFN4O3. The zero-order valence-electron chi connectivity index (χ0n) is 16.8. The van der Waals surface area contributed by atoms with E-state index in [1.165, 1.54) is 41.6 Å². The molecule has 9 heteroatoms. The lowest BCUT2D eigenvalue weighted by Gasteiger charge is -2.36. The first kappa shape index (κ1) is 21.6. The van der Waals surface area contributed by atoms with Gasteiger partial charge in [0.05, 0.1) is 11.6 Å². The van der Waals surface area contributed by atoms with Crippen LogP contribution in [-0.4, -0.2) is 26.8 Å². The van der Waals surface area contributed by atoms with E-state index in [4.69, 9.17) is 23.1 Å². The standard InChI is InChI=1S/C23H20ClFN4O3/c24-13-8-17-15(18(25)9-13)5-6-19(17)29(21(22(27)31)12-2-1-7-28-11-12)23(32)16-4-3-14(26)10-20(16)30/h1-4,7-11,19,21,30H,5-6,26H2,(H2,27,31)/t19-,21-/m1/s1. The highest BCUT2D eigenvalue weighted by atomic mass is 35.5. The van der Waals surface area contributed by atoms with Crippen molar-refractivity contribution in [2.24, 2.45) is 5.73 Å². The number of nitrogens with two attached hydrogens (primary N) is 2. The van der Waals surface area contributed by atoms with Gasteiger partial charge in [0, 0.05) is 34.7 Å². The number of amides is 2. The number of hydrogen-bond acceptors (Lipinski definition) is 5. The minimum atomic E-state index is -1.22. The average molecular weight is 455 g/mol. The summed E-state index contributed by atoms with van der Waals surface area (Å²) in [4.78, 5) is 31.7. The Hall–Kier alpha value is -3.65. The summed E-state index contributed by atoms with van der Waals surface area (Å²) in [5.41, 5.74) is 13.0. The van der Waals surface area contributed by atoms with Crippen LogP contribution in [0.15, 0.2) is 54.9 Å². The molecule has 32 heavy (non-hydrogen) atoms. The number of aromatic hydroxyl groups is 1. The molecule has 7 nitrogen and oxygen atoms in total. The molecule has 4 rings (SSSR count). The van der Waals surface area contributed by atoms with Crippen molar-refractivity contribution in [3.63, 3.8) is 0 Å². The van der Waals surface area contributed by atoms with Gasteiger partial charge in [0.1, 0.15) is 17.6 Å². The highest BCUT2D eigenvalue weighted by Gasteiger charge is 2.41. The second-order valence-corrected chi connectivity index (χ2v) is 8.03. The summed E-state index contributed by atoms with van der Waals surface area (Å²) in [5, 5.41) is 10.6. The molecule has 164 valence electrons. The highest BCUT2D eigenvalue weighted by molar-refractivity contribution is 6.30. The van der Waals surface area contributed by atoms with Crippen LogP contribution >= 0.6 is 11.6 Å². The molecule has 0 saturated heterocycles. The monoisotopic (exact) mass is 454 g/mol. The van der Waals surface area contributed by atoms with Crippen LogP contribution in [0, 0.1) is 5.82 Å². The van der Waals surface area contributed by atoms with E-state index in [1.807, 2.05) is 0 Å². The number of phenols is 1. The number of halogens is 2. The summed E-state index contributed by atoms with van der Waals surface area (Å²) >= 11 is 6.10. The number of nitrogens with zero attached hydrogens (tertiary/aromatic N) is 2. The van der Waals surface area contributed by atoms with Gasteiger partial charge in [0.25, 0.3) is 5.91 Å². The number of anilines is 1. The quantitative estimate of drug-likeness (QED) is 0.509. The van der Waals surface area contributed by atoms with Crippen LogP contribution in [-0.2, 0) is 11.2 Å². The molecule has 0 unspecified atom stereocenters. The van der Waals surface area contributed by atoms with Crippen molar-refractivity contribution in [3.8, 4) is 5.75 Å². The molecule has 1 aliphatic carbocycles. The number of hydrogen-bond donors (Lipinski definition) is 3. The number of nitrogen functional groups attached to an aromatic ring is 1. The largest absolute Gasteiger partial charge is 0.507 e. The van der Waals surface area contributed by atoms with Crippen LogP contribution in [0.1, 0.15) is 45.6 Å². The molecule has 2 atom stereocenters. The van der Waals surface area contributed by atoms with Gasteiger partial charge in [-0.2, -0.15) is 0 Å². The number of primary amides is 1. The lowest BCUT2D eigenvalue weighted by molar-refractivity contribution is -0.123. The van der Waals surface area contributed by atoms with Crippen molar-refractivity contribution in [1.29, 1.82) is 0 Å². The van der Waals surface area contributed by atoms with Gasteiger partial charge in [0.2, 0.25) is 5.91 Å². The summed E-state index contributed by atoms with van der Waals surface area (Å²) in [7, 11) is 0. The van der Waals surface area contributed by atoms with Gasteiger partial charge in [-0.3, -0.25) is 14.6 Å². The molecule has 1 aliphatic rings. The predicted molar refractivity (Wildman–Crippen MR) is 117 cm³/mol. The van der Waals surface area contributed by atoms with Crippen LogP contribution in [0.25, 0.3) is 0 Å². The number of carbonyl (C=O) groups excluding carboxylic acids is 2. The van der Waals surface area contributed by atoms with Crippen LogP contribution in [0.2, 0.25) is 5.02 Å². The van der Waals surface area contributed by atoms with Gasteiger partial charge in [-0.1, -0.05) is 17.7 Å². The van der Waals surface area contributed by atoms with E-state index in [0.29, 0.717) is 29.5 Å². The number of benzene rings is 2. The molecule has 0 radical (unpaired) electrons. The number of phenolic OH excluding ortho intramolecular Hbond substituents is 1. The minimum Gasteiger partial charge on any atom is -0.507 e. The first-order chi connectivity index (χ1) is 15.3. The van der Waals surface area contributed by atoms with Crippen molar-refractivity contribution in [1.82, 2.24) is 9.88 Å². The summed E-state index contributed by atoms with van der Waals surface area (Å²) in [6, 6.07) is 8.20. The third kappa shape index (κ3) is 3.85. The van der Waals surface area contributed by atoms with Crippen molar-refractivity contribution >= 4 is 29.1 Å². The molecular weight excluding hydrogens is 435 g/mol. The fraction of sp³-hybridized carbons (Fsp3) is 0.174. The Labute approximate surface area is 188 Å². The van der Waals surface area contributed by atoms with E-state index < -0.39 is 29.7 Å². The van der Waals surface area contributed by atoms with Crippen molar-refractivity contribution in [2.75, 3.05) is 5.73 Å². The van der Waals surface area contributed by atoms with Crippen LogP contribution in [0.4, 0.5) is 10.1 Å². The third-order valence-electron chi connectivity index (χ3n) is 5.59. The Morgan fingerprint density at radius 3 is 2.69 bits per heavy atom. The maximum Gasteiger partial charge on any atom is 0.259 e. The summed E-state index contributed by atoms with van der Waals surface area (Å²) in [6.07, 6.45) is 3.66. The zero-order valence-corrected chi connectivity index (χ0v) is 17.6. The molecule has 0 aliphatic heterocycles. The minimum absolute atomic E-state index is 0.0645. The van der Waals surface area contributed by atoms with Gasteiger partial charge in [0.15, 0.2) is 0 Å². The summed E-state index contributed by atoms with van der Waals surface area (Å²) in [5.74, 6) is -2.27. The van der Waals surface area contributed by atoms with E-state index in [2.05, 4.69) is 4.98 Å². The van der Waals surface area contributed by atoms with Crippen molar-refractivity contribution < 1.29 is 19.1 Å². The second-order valence-electron chi connectivity index (χ2n) is 7.59. The normalized spacial score (nSPS) is 15.8. The average Bonchev–Trinajstić information content (AvgIpc) is 3.15. The summed E-state index contributed by atoms with van der Waals surface area (Å²) < 4.78 is 14.6. The van der Waals surface area contributed by atoms with E-state index >= 15 is 0 Å². The second kappa shape index (κ2) is 8.47. The zero-order chi connectivity index (χ0) is 23.0. The number of pyridine rings is 1. The molecule has 1 heterocycles. The van der Waals surface area contributed by atoms with Crippen LogP contribution in [0.5, 0.6) is 5.75 Å². The smallest absolute Gasteiger partial charge is 0.259 e. The Balaban J connectivity index is 1.90. The molecule has 5 N–H and O–H groups in total. The van der Waals surface area contributed by atoms with E-state index in [9.17, 15) is 19.1 Å². The maximum absolute atomic E-state index is 14.6. The number of rotatable bonds is 5. The van der Waals surface area contributed by atoms with E-state index in [1.54, 1.807) is 18.2 Å². The third-order valence-corrected chi connectivity index (χ3v) is 5.81. The number of fused-ring (bicyclic) bond motifs is 1. The molecule has 2 amide bonds.